The summed E-state index contributed by atoms with van der Waals surface area (Å²) >= 11 is 0. The van der Waals surface area contributed by atoms with Gasteiger partial charge in [-0.25, -0.2) is 4.79 Å². The van der Waals surface area contributed by atoms with E-state index in [-0.39, 0.29) is 5.92 Å². The average Bonchev–Trinajstić information content (AvgIpc) is 2.83. The van der Waals surface area contributed by atoms with Crippen molar-refractivity contribution in [1.29, 1.82) is 0 Å². The van der Waals surface area contributed by atoms with Gasteiger partial charge in [-0.3, -0.25) is 4.79 Å². The number of hydrogen-bond acceptors (Lipinski definition) is 3. The van der Waals surface area contributed by atoms with E-state index >= 15 is 0 Å². The molecule has 1 aliphatic carbocycles. The molecule has 0 amide bonds. The first-order chi connectivity index (χ1) is 12.0. The molecule has 4 nitrogen and oxygen atoms in total. The monoisotopic (exact) mass is 352 g/mol. The van der Waals surface area contributed by atoms with Gasteiger partial charge in [-0.2, -0.15) is 0 Å². The van der Waals surface area contributed by atoms with Crippen molar-refractivity contribution in [1.82, 2.24) is 0 Å². The van der Waals surface area contributed by atoms with Crippen LogP contribution in [0.3, 0.4) is 0 Å². The average molecular weight is 353 g/mol. The lowest BCUT2D eigenvalue weighted by Crippen LogP contribution is -2.19. The van der Waals surface area contributed by atoms with Crippen molar-refractivity contribution in [2.75, 3.05) is 0 Å². The number of aliphatic hydroxyl groups is 1. The summed E-state index contributed by atoms with van der Waals surface area (Å²) in [6.45, 7) is 4.39. The van der Waals surface area contributed by atoms with Crippen LogP contribution in [0.4, 0.5) is 0 Å². The van der Waals surface area contributed by atoms with Crippen molar-refractivity contribution in [2.24, 2.45) is 17.8 Å². The van der Waals surface area contributed by atoms with E-state index in [1.54, 1.807) is 0 Å². The topological polar surface area (TPSA) is 74.6 Å². The molecule has 1 saturated carbocycles. The molecule has 0 spiro atoms. The molecule has 0 bridgehead atoms. The van der Waals surface area contributed by atoms with Crippen LogP contribution >= 0.6 is 0 Å². The van der Waals surface area contributed by atoms with E-state index in [2.05, 4.69) is 26.0 Å². The Morgan fingerprint density at radius 2 is 1.92 bits per heavy atom. The summed E-state index contributed by atoms with van der Waals surface area (Å²) in [6.07, 6.45) is 13.8. The number of ketones is 1. The second-order valence-electron chi connectivity index (χ2n) is 7.60. The number of carboxylic acids is 1. The molecule has 1 unspecified atom stereocenters. The molecule has 1 fully saturated rings. The van der Waals surface area contributed by atoms with Gasteiger partial charge in [0.25, 0.3) is 0 Å². The van der Waals surface area contributed by atoms with Gasteiger partial charge in [0.05, 0.1) is 0 Å². The minimum atomic E-state index is -1.25. The SMILES string of the molecule is CCCCCC/C=C/[C@H]1[C@H](C)CC(=O)[C@@H]1CCCCCC(O)C(=O)O. The standard InChI is InChI=1S/C21H36O4/c1-3-4-5-6-7-9-12-17-16(2)15-20(23)18(17)13-10-8-11-14-19(22)21(24)25/h9,12,16-19,22H,3-8,10-11,13-15H2,1-2H3,(H,24,25)/b12-9+/t16-,17+,18-,19?/m1/s1. The molecular formula is C21H36O4. The van der Waals surface area contributed by atoms with Crippen molar-refractivity contribution in [3.8, 4) is 0 Å². The Bertz CT molecular complexity index is 430. The summed E-state index contributed by atoms with van der Waals surface area (Å²) in [4.78, 5) is 22.9. The third kappa shape index (κ3) is 8.17. The van der Waals surface area contributed by atoms with Crippen LogP contribution in [0, 0.1) is 17.8 Å². The predicted octanol–water partition coefficient (Wildman–Crippen LogP) is 4.75. The van der Waals surface area contributed by atoms with Gasteiger partial charge in [0.1, 0.15) is 5.78 Å². The lowest BCUT2D eigenvalue weighted by Gasteiger charge is -2.18. The van der Waals surface area contributed by atoms with Crippen LogP contribution in [-0.4, -0.2) is 28.1 Å². The number of allylic oxidation sites excluding steroid dienone is 2. The number of Topliss-reactive ketones (excluding diaryl/α,β-unsaturated/α-hetero) is 1. The summed E-state index contributed by atoms with van der Waals surface area (Å²) in [5.41, 5.74) is 0. The number of aliphatic carboxylic acids is 1. The van der Waals surface area contributed by atoms with Crippen LogP contribution in [0.25, 0.3) is 0 Å². The van der Waals surface area contributed by atoms with E-state index in [0.29, 0.717) is 36.9 Å². The van der Waals surface area contributed by atoms with E-state index in [0.717, 1.165) is 25.7 Å². The predicted molar refractivity (Wildman–Crippen MR) is 100 cm³/mol. The summed E-state index contributed by atoms with van der Waals surface area (Å²) in [5.74, 6) is 0.162. The molecule has 0 aliphatic heterocycles. The minimum Gasteiger partial charge on any atom is -0.479 e. The van der Waals surface area contributed by atoms with E-state index in [4.69, 9.17) is 5.11 Å². The fourth-order valence-electron chi connectivity index (χ4n) is 3.84. The van der Waals surface area contributed by atoms with Crippen molar-refractivity contribution in [3.63, 3.8) is 0 Å². The van der Waals surface area contributed by atoms with Crippen LogP contribution in [0.5, 0.6) is 0 Å². The first-order valence-electron chi connectivity index (χ1n) is 10.1. The molecule has 0 aromatic heterocycles. The maximum atomic E-state index is 12.3. The largest absolute Gasteiger partial charge is 0.479 e. The highest BCUT2D eigenvalue weighted by Gasteiger charge is 2.37. The Morgan fingerprint density at radius 1 is 1.20 bits per heavy atom. The third-order valence-corrected chi connectivity index (χ3v) is 5.42. The van der Waals surface area contributed by atoms with Crippen LogP contribution < -0.4 is 0 Å². The lowest BCUT2D eigenvalue weighted by atomic mass is 9.86. The second kappa shape index (κ2) is 12.2. The molecule has 0 saturated heterocycles. The van der Waals surface area contributed by atoms with E-state index in [1.165, 1.54) is 25.7 Å². The molecule has 0 aromatic rings. The number of unbranched alkanes of at least 4 members (excludes halogenated alkanes) is 6. The summed E-state index contributed by atoms with van der Waals surface area (Å²) < 4.78 is 0. The molecule has 0 aromatic carbocycles. The Balaban J connectivity index is 2.32. The first kappa shape index (κ1) is 21.9. The third-order valence-electron chi connectivity index (χ3n) is 5.42. The minimum absolute atomic E-state index is 0.131. The van der Waals surface area contributed by atoms with E-state index in [9.17, 15) is 14.7 Å². The number of hydrogen-bond donors (Lipinski definition) is 2. The molecule has 4 atom stereocenters. The van der Waals surface area contributed by atoms with Crippen molar-refractivity contribution in [2.45, 2.75) is 90.6 Å². The number of aliphatic hydroxyl groups excluding tert-OH is 1. The van der Waals surface area contributed by atoms with Crippen molar-refractivity contribution < 1.29 is 19.8 Å². The van der Waals surface area contributed by atoms with Gasteiger partial charge in [-0.15, -0.1) is 0 Å². The maximum absolute atomic E-state index is 12.3. The Morgan fingerprint density at radius 3 is 2.60 bits per heavy atom. The van der Waals surface area contributed by atoms with Crippen molar-refractivity contribution in [3.05, 3.63) is 12.2 Å². The molecular weight excluding hydrogens is 316 g/mol. The fraction of sp³-hybridized carbons (Fsp3) is 0.810. The molecule has 1 rings (SSSR count). The zero-order valence-electron chi connectivity index (χ0n) is 16.0. The van der Waals surface area contributed by atoms with Gasteiger partial charge in [-0.05, 0) is 37.5 Å². The number of rotatable bonds is 13. The van der Waals surface area contributed by atoms with Crippen LogP contribution in [0.2, 0.25) is 0 Å². The molecule has 4 heteroatoms. The van der Waals surface area contributed by atoms with Crippen LogP contribution in [0.15, 0.2) is 12.2 Å². The summed E-state index contributed by atoms with van der Waals surface area (Å²) in [5, 5.41) is 17.9. The maximum Gasteiger partial charge on any atom is 0.332 e. The normalized spacial score (nSPS) is 24.9. The molecule has 2 N–H and O–H groups in total. The van der Waals surface area contributed by atoms with E-state index in [1.807, 2.05) is 0 Å². The van der Waals surface area contributed by atoms with Crippen molar-refractivity contribution >= 4 is 11.8 Å². The van der Waals surface area contributed by atoms with Gasteiger partial charge in [-0.1, -0.05) is 64.5 Å². The Kier molecular flexibility index (Phi) is 10.7. The molecule has 0 heterocycles. The molecule has 144 valence electrons. The molecule has 0 radical (unpaired) electrons. The van der Waals surface area contributed by atoms with Gasteiger partial charge >= 0.3 is 5.97 Å². The fourth-order valence-corrected chi connectivity index (χ4v) is 3.84. The number of carboxylic acid groups (broad SMARTS) is 1. The van der Waals surface area contributed by atoms with E-state index < -0.39 is 12.1 Å². The highest BCUT2D eigenvalue weighted by molar-refractivity contribution is 5.84. The van der Waals surface area contributed by atoms with Crippen LogP contribution in [-0.2, 0) is 9.59 Å². The van der Waals surface area contributed by atoms with Gasteiger partial charge in [0.2, 0.25) is 0 Å². The number of carbonyl (C=O) groups is 2. The summed E-state index contributed by atoms with van der Waals surface area (Å²) in [6, 6.07) is 0. The van der Waals surface area contributed by atoms with Gasteiger partial charge < -0.3 is 10.2 Å². The number of carbonyl (C=O) groups excluding carboxylic acids is 1. The summed E-state index contributed by atoms with van der Waals surface area (Å²) in [7, 11) is 0. The first-order valence-corrected chi connectivity index (χ1v) is 10.1. The zero-order chi connectivity index (χ0) is 18.7. The molecule has 1 aliphatic rings. The van der Waals surface area contributed by atoms with Gasteiger partial charge in [0, 0.05) is 12.3 Å². The Hall–Kier alpha value is -1.16. The lowest BCUT2D eigenvalue weighted by molar-refractivity contribution is -0.147. The second-order valence-corrected chi connectivity index (χ2v) is 7.60. The zero-order valence-corrected chi connectivity index (χ0v) is 16.0. The molecule has 25 heavy (non-hydrogen) atoms. The Labute approximate surface area is 152 Å². The highest BCUT2D eigenvalue weighted by atomic mass is 16.4. The van der Waals surface area contributed by atoms with Crippen LogP contribution in [0.1, 0.15) is 84.5 Å². The highest BCUT2D eigenvalue weighted by Crippen LogP contribution is 2.38. The van der Waals surface area contributed by atoms with Gasteiger partial charge in [0.15, 0.2) is 6.10 Å². The smallest absolute Gasteiger partial charge is 0.332 e. The quantitative estimate of drug-likeness (QED) is 0.370.